The van der Waals surface area contributed by atoms with E-state index in [1.165, 1.54) is 50.6 Å². The van der Waals surface area contributed by atoms with E-state index in [0.717, 1.165) is 23.5 Å². The van der Waals surface area contributed by atoms with Crippen LogP contribution in [0.2, 0.25) is 0 Å². The number of allylic oxidation sites excluding steroid dienone is 2. The molecule has 4 aromatic rings. The van der Waals surface area contributed by atoms with Crippen molar-refractivity contribution in [2.24, 2.45) is 5.92 Å². The zero-order chi connectivity index (χ0) is 41.3. The molecule has 14 heteroatoms. The number of benzene rings is 2. The molecule has 1 aliphatic carbocycles. The molecule has 1 aliphatic rings. The van der Waals surface area contributed by atoms with Gasteiger partial charge in [0, 0.05) is 17.8 Å². The van der Waals surface area contributed by atoms with Crippen molar-refractivity contribution in [2.45, 2.75) is 78.9 Å². The van der Waals surface area contributed by atoms with Gasteiger partial charge in [-0.25, -0.2) is 14.4 Å². The number of aromatic nitrogens is 4. The fourth-order valence-electron chi connectivity index (χ4n) is 5.42. The minimum absolute atomic E-state index is 0.0293. The number of nitrogens with one attached hydrogen (secondary N) is 2. The second-order valence-electron chi connectivity index (χ2n) is 12.5. The van der Waals surface area contributed by atoms with E-state index >= 15 is 0 Å². The number of amides is 1. The van der Waals surface area contributed by atoms with Crippen LogP contribution in [0.25, 0.3) is 11.2 Å². The molecule has 2 heterocycles. The number of aromatic amines is 1. The molecule has 2 aromatic carbocycles. The SMILES string of the molecule is C#CCOCCOc1ccc(CCN(C(=O)c2ccc(NCc3cnc4nc(N)[nH]c(=O)c4n3)cc2)/C(=C\CC)C(C)F)cc1.CC=O.CCC1CCC1.CF. The van der Waals surface area contributed by atoms with E-state index in [9.17, 15) is 18.4 Å². The lowest BCUT2D eigenvalue weighted by molar-refractivity contribution is -0.106. The first-order valence-corrected chi connectivity index (χ1v) is 18.7. The zero-order valence-electron chi connectivity index (χ0n) is 33.0. The second-order valence-corrected chi connectivity index (χ2v) is 12.5. The topological polar surface area (TPSA) is 165 Å². The maximum Gasteiger partial charge on any atom is 0.280 e. The molecule has 0 spiro atoms. The van der Waals surface area contributed by atoms with Gasteiger partial charge in [0.15, 0.2) is 11.2 Å². The molecule has 4 N–H and O–H groups in total. The van der Waals surface area contributed by atoms with Crippen molar-refractivity contribution >= 4 is 35.0 Å². The third-order valence-electron chi connectivity index (χ3n) is 8.50. The highest BCUT2D eigenvalue weighted by molar-refractivity contribution is 5.95. The number of anilines is 2. The van der Waals surface area contributed by atoms with E-state index in [4.69, 9.17) is 26.4 Å². The molecule has 1 atom stereocenters. The number of rotatable bonds is 16. The molecule has 5 rings (SSSR count). The number of carbonyl (C=O) groups excluding carboxylic acids is 2. The lowest BCUT2D eigenvalue weighted by Crippen LogP contribution is -2.35. The van der Waals surface area contributed by atoms with Gasteiger partial charge < -0.3 is 30.2 Å². The largest absolute Gasteiger partial charge is 0.491 e. The highest BCUT2D eigenvalue weighted by Gasteiger charge is 2.23. The lowest BCUT2D eigenvalue weighted by Gasteiger charge is -2.27. The molecule has 2 aromatic heterocycles. The van der Waals surface area contributed by atoms with Gasteiger partial charge in [-0.3, -0.25) is 19.0 Å². The first-order chi connectivity index (χ1) is 27.1. The Kier molecular flexibility index (Phi) is 21.7. The van der Waals surface area contributed by atoms with Gasteiger partial charge in [0.2, 0.25) is 5.95 Å². The molecule has 0 aliphatic heterocycles. The summed E-state index contributed by atoms with van der Waals surface area (Å²) in [6.45, 7) is 8.65. The van der Waals surface area contributed by atoms with Gasteiger partial charge in [-0.2, -0.15) is 4.98 Å². The summed E-state index contributed by atoms with van der Waals surface area (Å²) in [6.07, 6.45) is 14.9. The summed E-state index contributed by atoms with van der Waals surface area (Å²) in [5.41, 5.74) is 8.31. The minimum atomic E-state index is -1.33. The van der Waals surface area contributed by atoms with E-state index in [2.05, 4.69) is 38.1 Å². The molecular weight excluding hydrogens is 721 g/mol. The molecular formula is C42H55F2N7O5. The lowest BCUT2D eigenvalue weighted by atomic mass is 9.84. The average Bonchev–Trinajstić information content (AvgIpc) is 3.18. The Morgan fingerprint density at radius 2 is 1.80 bits per heavy atom. The number of hydrogen-bond acceptors (Lipinski definition) is 10. The summed E-state index contributed by atoms with van der Waals surface area (Å²) in [7, 11) is 0.500. The van der Waals surface area contributed by atoms with Crippen LogP contribution >= 0.6 is 0 Å². The van der Waals surface area contributed by atoms with Crippen LogP contribution in [0, 0.1) is 18.3 Å². The molecule has 302 valence electrons. The summed E-state index contributed by atoms with van der Waals surface area (Å²) in [6, 6.07) is 14.4. The average molecular weight is 776 g/mol. The Morgan fingerprint density at radius 1 is 1.12 bits per heavy atom. The Balaban J connectivity index is 0.000000863. The van der Waals surface area contributed by atoms with Crippen LogP contribution in [0.15, 0.2) is 71.3 Å². The van der Waals surface area contributed by atoms with Crippen molar-refractivity contribution in [1.29, 1.82) is 0 Å². The first kappa shape index (κ1) is 46.5. The summed E-state index contributed by atoms with van der Waals surface area (Å²) < 4.78 is 35.1. The normalized spacial score (nSPS) is 12.5. The number of ether oxygens (including phenoxy) is 2. The van der Waals surface area contributed by atoms with Crippen LogP contribution in [0.4, 0.5) is 20.4 Å². The number of hydrogen-bond donors (Lipinski definition) is 3. The highest BCUT2D eigenvalue weighted by atomic mass is 19.1. The quantitative estimate of drug-likeness (QED) is 0.0599. The van der Waals surface area contributed by atoms with Gasteiger partial charge in [0.05, 0.1) is 37.9 Å². The molecule has 1 amide bonds. The van der Waals surface area contributed by atoms with Crippen molar-refractivity contribution in [1.82, 2.24) is 24.8 Å². The Bertz CT molecular complexity index is 1890. The zero-order valence-corrected chi connectivity index (χ0v) is 33.0. The van der Waals surface area contributed by atoms with Crippen molar-refractivity contribution in [3.8, 4) is 18.1 Å². The maximum absolute atomic E-state index is 14.8. The number of H-pyrrole nitrogens is 1. The molecule has 1 fully saturated rings. The van der Waals surface area contributed by atoms with Gasteiger partial charge in [0.25, 0.3) is 11.5 Å². The smallest absolute Gasteiger partial charge is 0.280 e. The van der Waals surface area contributed by atoms with Crippen LogP contribution < -0.4 is 21.3 Å². The van der Waals surface area contributed by atoms with E-state index in [1.54, 1.807) is 30.3 Å². The van der Waals surface area contributed by atoms with Crippen molar-refractivity contribution in [3.63, 3.8) is 0 Å². The second kappa shape index (κ2) is 26.2. The fraction of sp³-hybridized carbons (Fsp3) is 0.429. The number of halogens is 2. The monoisotopic (exact) mass is 775 g/mol. The molecule has 0 saturated heterocycles. The van der Waals surface area contributed by atoms with Crippen molar-refractivity contribution in [2.75, 3.05) is 44.6 Å². The number of nitrogen functional groups attached to an aromatic ring is 1. The number of aldehydes is 1. The van der Waals surface area contributed by atoms with E-state index in [1.807, 2.05) is 31.2 Å². The summed E-state index contributed by atoms with van der Waals surface area (Å²) in [5, 5.41) is 3.20. The number of nitrogens with zero attached hydrogens (tertiary/aromatic N) is 4. The molecule has 12 nitrogen and oxygen atoms in total. The highest BCUT2D eigenvalue weighted by Crippen LogP contribution is 2.28. The van der Waals surface area contributed by atoms with E-state index < -0.39 is 11.7 Å². The predicted octanol–water partition coefficient (Wildman–Crippen LogP) is 7.26. The van der Waals surface area contributed by atoms with Crippen LogP contribution in [0.5, 0.6) is 5.75 Å². The van der Waals surface area contributed by atoms with Gasteiger partial charge in [0.1, 0.15) is 31.4 Å². The van der Waals surface area contributed by atoms with E-state index in [0.29, 0.717) is 62.5 Å². The molecule has 56 heavy (non-hydrogen) atoms. The van der Waals surface area contributed by atoms with Gasteiger partial charge in [-0.1, -0.05) is 63.7 Å². The number of fused-ring (bicyclic) bond motifs is 1. The molecule has 1 saturated carbocycles. The number of nitrogens with two attached hydrogens (primary N) is 1. The molecule has 1 unspecified atom stereocenters. The standard InChI is InChI=1S/C33H36FN7O4.C6H12.C2H4O.CH3F/c1-4-6-28(22(3)34)41(16-15-23-7-13-27(14-8-23)45-19-18-44-17-5-2)32(43)24-9-11-25(12-10-24)36-20-26-21-37-30-29(38-26)31(42)40-33(35)39-30;1-2-6-4-3-5-6;1-2-3;1-2/h2,6-14,21-22,36H,4,15-20H2,1,3H3,(H3,35,37,39,40,42);6H,2-5H2,1H3;2H,1H3;1H3/b28-6-;;;. The third-order valence-corrected chi connectivity index (χ3v) is 8.50. The molecule has 0 bridgehead atoms. The Labute approximate surface area is 328 Å². The fourth-order valence-corrected chi connectivity index (χ4v) is 5.42. The third kappa shape index (κ3) is 15.6. The summed E-state index contributed by atoms with van der Waals surface area (Å²) in [5.74, 6) is 3.88. The number of alkyl halides is 2. The maximum atomic E-state index is 14.8. The minimum Gasteiger partial charge on any atom is -0.491 e. The van der Waals surface area contributed by atoms with Crippen LogP contribution in [-0.2, 0) is 22.5 Å². The molecule has 0 radical (unpaired) electrons. The van der Waals surface area contributed by atoms with Crippen LogP contribution in [0.3, 0.4) is 0 Å². The Hall–Kier alpha value is -5.68. The van der Waals surface area contributed by atoms with E-state index in [-0.39, 0.29) is 36.2 Å². The first-order valence-electron chi connectivity index (χ1n) is 18.7. The van der Waals surface area contributed by atoms with Crippen molar-refractivity contribution in [3.05, 3.63) is 93.7 Å². The van der Waals surface area contributed by atoms with Gasteiger partial charge >= 0.3 is 0 Å². The van der Waals surface area contributed by atoms with Gasteiger partial charge in [-0.05, 0) is 74.6 Å². The van der Waals surface area contributed by atoms with Crippen molar-refractivity contribution < 1.29 is 27.8 Å². The van der Waals surface area contributed by atoms with Crippen LogP contribution in [-0.4, -0.2) is 76.7 Å². The summed E-state index contributed by atoms with van der Waals surface area (Å²) >= 11 is 0. The van der Waals surface area contributed by atoms with Crippen LogP contribution in [0.1, 0.15) is 81.4 Å². The number of carbonyl (C=O) groups is 2. The number of terminal acetylenes is 1. The Morgan fingerprint density at radius 3 is 2.36 bits per heavy atom. The van der Waals surface area contributed by atoms with Gasteiger partial charge in [-0.15, -0.1) is 6.42 Å². The predicted molar refractivity (Wildman–Crippen MR) is 218 cm³/mol. The summed E-state index contributed by atoms with van der Waals surface area (Å²) in [4.78, 5) is 51.0.